The molecule has 2 N–H and O–H groups in total. The minimum atomic E-state index is 0. The summed E-state index contributed by atoms with van der Waals surface area (Å²) in [5.41, 5.74) is 4.47. The third-order valence-corrected chi connectivity index (χ3v) is 4.61. The molecule has 0 saturated carbocycles. The molecule has 0 aliphatic heterocycles. The number of fused-ring (bicyclic) bond motifs is 1. The number of hydrogen-bond acceptors (Lipinski definition) is 3. The van der Waals surface area contributed by atoms with Gasteiger partial charge in [0.25, 0.3) is 0 Å². The Morgan fingerprint density at radius 1 is 1.00 bits per heavy atom. The topological polar surface area (TPSA) is 58.8 Å². The lowest BCUT2D eigenvalue weighted by atomic mass is 10.1. The number of para-hydroxylation sites is 1. The molecule has 1 heterocycles. The molecule has 0 saturated heterocycles. The van der Waals surface area contributed by atoms with Gasteiger partial charge in [-0.1, -0.05) is 42.5 Å². The highest BCUT2D eigenvalue weighted by Crippen LogP contribution is 2.24. The Morgan fingerprint density at radius 3 is 2.39 bits per heavy atom. The smallest absolute Gasteiger partial charge is 0.191 e. The maximum Gasteiger partial charge on any atom is 0.191 e. The van der Waals surface area contributed by atoms with Crippen molar-refractivity contribution >= 4 is 40.9 Å². The monoisotopic (exact) mass is 493 g/mol. The molecular weight excluding hydrogens is 465 g/mol. The first-order chi connectivity index (χ1) is 13.2. The third kappa shape index (κ3) is 5.48. The van der Waals surface area contributed by atoms with Crippen LogP contribution in [-0.4, -0.2) is 19.6 Å². The van der Waals surface area contributed by atoms with Crippen molar-refractivity contribution in [2.45, 2.75) is 33.5 Å². The molecule has 0 aliphatic carbocycles. The van der Waals surface area contributed by atoms with Crippen molar-refractivity contribution in [2.24, 2.45) is 4.99 Å². The van der Waals surface area contributed by atoms with E-state index in [0.717, 1.165) is 28.3 Å². The molecule has 2 aromatic carbocycles. The lowest BCUT2D eigenvalue weighted by Gasteiger charge is -2.14. The van der Waals surface area contributed by atoms with Crippen LogP contribution in [0.5, 0.6) is 0 Å². The summed E-state index contributed by atoms with van der Waals surface area (Å²) >= 11 is 0. The fourth-order valence-electron chi connectivity index (χ4n) is 3.04. The average molecular weight is 493 g/mol. The SMILES string of the molecule is CCOCc1ccccc1CNC(=NC)NCc1oc2ccccc2c1C.I. The van der Waals surface area contributed by atoms with E-state index in [1.807, 2.05) is 37.3 Å². The lowest BCUT2D eigenvalue weighted by Crippen LogP contribution is -2.36. The van der Waals surface area contributed by atoms with E-state index in [4.69, 9.17) is 9.15 Å². The summed E-state index contributed by atoms with van der Waals surface area (Å²) in [6, 6.07) is 16.4. The summed E-state index contributed by atoms with van der Waals surface area (Å²) < 4.78 is 11.5. The Morgan fingerprint density at radius 2 is 1.68 bits per heavy atom. The zero-order valence-corrected chi connectivity index (χ0v) is 18.9. The van der Waals surface area contributed by atoms with Gasteiger partial charge in [-0.25, -0.2) is 0 Å². The second kappa shape index (κ2) is 11.1. The molecule has 0 unspecified atom stereocenters. The molecule has 0 radical (unpaired) electrons. The summed E-state index contributed by atoms with van der Waals surface area (Å²) in [5, 5.41) is 7.86. The molecule has 0 aliphatic rings. The zero-order valence-electron chi connectivity index (χ0n) is 16.6. The van der Waals surface area contributed by atoms with Gasteiger partial charge in [0.2, 0.25) is 0 Å². The van der Waals surface area contributed by atoms with E-state index in [0.29, 0.717) is 26.3 Å². The number of guanidine groups is 1. The van der Waals surface area contributed by atoms with E-state index in [1.165, 1.54) is 11.1 Å². The van der Waals surface area contributed by atoms with Gasteiger partial charge in [-0.15, -0.1) is 24.0 Å². The molecule has 0 spiro atoms. The van der Waals surface area contributed by atoms with Gasteiger partial charge in [-0.2, -0.15) is 0 Å². The van der Waals surface area contributed by atoms with E-state index in [-0.39, 0.29) is 24.0 Å². The number of hydrogen-bond donors (Lipinski definition) is 2. The number of nitrogens with one attached hydrogen (secondary N) is 2. The Kier molecular flexibility index (Phi) is 8.79. The first kappa shape index (κ1) is 22.2. The van der Waals surface area contributed by atoms with Gasteiger partial charge >= 0.3 is 0 Å². The van der Waals surface area contributed by atoms with Crippen LogP contribution in [-0.2, 0) is 24.4 Å². The molecule has 3 aromatic rings. The van der Waals surface area contributed by atoms with Crippen LogP contribution in [0.3, 0.4) is 0 Å². The number of benzene rings is 2. The highest BCUT2D eigenvalue weighted by molar-refractivity contribution is 14.0. The number of aliphatic imine (C=N–C) groups is 1. The highest BCUT2D eigenvalue weighted by Gasteiger charge is 2.10. The predicted octanol–water partition coefficient (Wildman–Crippen LogP) is 4.76. The van der Waals surface area contributed by atoms with Gasteiger partial charge in [-0.05, 0) is 31.0 Å². The third-order valence-electron chi connectivity index (χ3n) is 4.61. The van der Waals surface area contributed by atoms with Gasteiger partial charge in [0.15, 0.2) is 5.96 Å². The largest absolute Gasteiger partial charge is 0.459 e. The summed E-state index contributed by atoms with van der Waals surface area (Å²) in [6.45, 7) is 6.69. The number of ether oxygens (including phenoxy) is 1. The number of aryl methyl sites for hydroxylation is 1. The molecule has 1 aromatic heterocycles. The van der Waals surface area contributed by atoms with Crippen LogP contribution < -0.4 is 10.6 Å². The molecule has 0 amide bonds. The minimum Gasteiger partial charge on any atom is -0.459 e. The summed E-state index contributed by atoms with van der Waals surface area (Å²) in [5.74, 6) is 1.66. The molecule has 28 heavy (non-hydrogen) atoms. The van der Waals surface area contributed by atoms with E-state index >= 15 is 0 Å². The van der Waals surface area contributed by atoms with Gasteiger partial charge in [0, 0.05) is 31.1 Å². The van der Waals surface area contributed by atoms with Gasteiger partial charge in [-0.3, -0.25) is 4.99 Å². The van der Waals surface area contributed by atoms with Crippen molar-refractivity contribution in [2.75, 3.05) is 13.7 Å². The molecule has 0 fully saturated rings. The van der Waals surface area contributed by atoms with E-state index in [2.05, 4.69) is 40.7 Å². The first-order valence-corrected chi connectivity index (χ1v) is 9.29. The van der Waals surface area contributed by atoms with Crippen molar-refractivity contribution in [3.8, 4) is 0 Å². The first-order valence-electron chi connectivity index (χ1n) is 9.29. The van der Waals surface area contributed by atoms with Crippen molar-refractivity contribution in [3.63, 3.8) is 0 Å². The number of rotatable bonds is 7. The molecule has 0 atom stereocenters. The fraction of sp³-hybridized carbons (Fsp3) is 0.318. The van der Waals surface area contributed by atoms with E-state index in [1.54, 1.807) is 7.05 Å². The second-order valence-corrected chi connectivity index (χ2v) is 6.33. The molecular formula is C22H28IN3O2. The number of nitrogens with zero attached hydrogens (tertiary/aromatic N) is 1. The Balaban J connectivity index is 0.00000280. The molecule has 5 nitrogen and oxygen atoms in total. The van der Waals surface area contributed by atoms with Crippen LogP contribution in [0.25, 0.3) is 11.0 Å². The van der Waals surface area contributed by atoms with E-state index in [9.17, 15) is 0 Å². The predicted molar refractivity (Wildman–Crippen MR) is 125 cm³/mol. The van der Waals surface area contributed by atoms with Crippen molar-refractivity contribution in [3.05, 3.63) is 71.0 Å². The van der Waals surface area contributed by atoms with Crippen LogP contribution in [0.15, 0.2) is 57.9 Å². The van der Waals surface area contributed by atoms with Gasteiger partial charge in [0.05, 0.1) is 13.2 Å². The Labute approximate surface area is 183 Å². The summed E-state index contributed by atoms with van der Waals surface area (Å²) in [7, 11) is 1.77. The van der Waals surface area contributed by atoms with Crippen molar-refractivity contribution in [1.82, 2.24) is 10.6 Å². The second-order valence-electron chi connectivity index (χ2n) is 6.33. The van der Waals surface area contributed by atoms with E-state index < -0.39 is 0 Å². The fourth-order valence-corrected chi connectivity index (χ4v) is 3.04. The van der Waals surface area contributed by atoms with Crippen LogP contribution in [0, 0.1) is 6.92 Å². The standard InChI is InChI=1S/C22H27N3O2.HI/c1-4-26-15-18-10-6-5-9-17(18)13-24-22(23-3)25-14-21-16(2)19-11-7-8-12-20(19)27-21;/h5-12H,4,13-15H2,1-3H3,(H2,23,24,25);1H. The molecule has 150 valence electrons. The normalized spacial score (nSPS) is 11.3. The van der Waals surface area contributed by atoms with Crippen molar-refractivity contribution < 1.29 is 9.15 Å². The maximum atomic E-state index is 5.96. The highest BCUT2D eigenvalue weighted by atomic mass is 127. The molecule has 0 bridgehead atoms. The van der Waals surface area contributed by atoms with Crippen molar-refractivity contribution in [1.29, 1.82) is 0 Å². The summed E-state index contributed by atoms with van der Waals surface area (Å²) in [4.78, 5) is 4.32. The average Bonchev–Trinajstić information content (AvgIpc) is 3.03. The zero-order chi connectivity index (χ0) is 19.1. The quantitative estimate of drug-likeness (QED) is 0.283. The minimum absolute atomic E-state index is 0. The maximum absolute atomic E-state index is 5.96. The number of furan rings is 1. The van der Waals surface area contributed by atoms with Gasteiger partial charge < -0.3 is 19.8 Å². The van der Waals surface area contributed by atoms with Crippen LogP contribution in [0.1, 0.15) is 29.4 Å². The Hall–Kier alpha value is -2.06. The molecule has 6 heteroatoms. The van der Waals surface area contributed by atoms with Crippen LogP contribution >= 0.6 is 24.0 Å². The van der Waals surface area contributed by atoms with Gasteiger partial charge in [0.1, 0.15) is 11.3 Å². The van der Waals surface area contributed by atoms with Crippen LogP contribution in [0.2, 0.25) is 0 Å². The Bertz CT molecular complexity index is 921. The van der Waals surface area contributed by atoms with Crippen LogP contribution in [0.4, 0.5) is 0 Å². The number of halogens is 1. The lowest BCUT2D eigenvalue weighted by molar-refractivity contribution is 0.133. The molecule has 3 rings (SSSR count). The summed E-state index contributed by atoms with van der Waals surface area (Å²) in [6.07, 6.45) is 0.